The highest BCUT2D eigenvalue weighted by atomic mass is 32.1. The van der Waals surface area contributed by atoms with Crippen LogP contribution in [0, 0.1) is 27.7 Å². The van der Waals surface area contributed by atoms with Gasteiger partial charge in [-0.05, 0) is 140 Å². The van der Waals surface area contributed by atoms with Gasteiger partial charge in [0, 0.05) is 31.9 Å². The van der Waals surface area contributed by atoms with Gasteiger partial charge in [-0.15, -0.1) is 11.3 Å². The Hall–Kier alpha value is -6.22. The molecule has 0 atom stereocenters. The Balaban J connectivity index is 0.000000208. The summed E-state index contributed by atoms with van der Waals surface area (Å²) in [6.45, 7) is 15.0. The summed E-state index contributed by atoms with van der Waals surface area (Å²) in [5.74, 6) is 0. The van der Waals surface area contributed by atoms with Crippen molar-refractivity contribution in [3.8, 4) is 11.1 Å². The van der Waals surface area contributed by atoms with Crippen LogP contribution in [0.1, 0.15) is 78.3 Å². The van der Waals surface area contributed by atoms with Gasteiger partial charge >= 0.3 is 0 Å². The van der Waals surface area contributed by atoms with Crippen LogP contribution >= 0.6 is 11.3 Å². The first kappa shape index (κ1) is 42.9. The maximum atomic E-state index is 2.49. The fourth-order valence-corrected chi connectivity index (χ4v) is 9.77. The number of allylic oxidation sites excluding steroid dienone is 5. The fourth-order valence-electron chi connectivity index (χ4n) is 8.43. The molecule has 2 heteroatoms. The summed E-state index contributed by atoms with van der Waals surface area (Å²) in [7, 11) is 0. The van der Waals surface area contributed by atoms with Crippen molar-refractivity contribution in [2.24, 2.45) is 0 Å². The molecule has 306 valence electrons. The molecule has 0 unspecified atom stereocenters. The summed E-state index contributed by atoms with van der Waals surface area (Å²) < 4.78 is 1.42. The zero-order valence-electron chi connectivity index (χ0n) is 37.0. The summed E-state index contributed by atoms with van der Waals surface area (Å²) in [5.41, 5.74) is 17.3. The molecule has 0 bridgehead atoms. The molecule has 0 N–H and O–H groups in total. The van der Waals surface area contributed by atoms with Gasteiger partial charge in [0.1, 0.15) is 0 Å². The van der Waals surface area contributed by atoms with Crippen LogP contribution in [0.25, 0.3) is 43.3 Å². The minimum Gasteiger partial charge on any atom is -0.310 e. The van der Waals surface area contributed by atoms with Crippen LogP contribution in [-0.4, -0.2) is 0 Å². The SMILES string of the molecule is CC.CC1=C(c2ccc(N(C3=CCCc4sc5c(cc(C)c6ccccc65)c43)c3ccccc3)cc2C)CCC=C1.Cc1ccc(-c2ccccc2)cc1.Cc1ccccc1. The van der Waals surface area contributed by atoms with Gasteiger partial charge in [0.05, 0.1) is 5.70 Å². The largest absolute Gasteiger partial charge is 0.310 e. The van der Waals surface area contributed by atoms with Crippen molar-refractivity contribution in [2.75, 3.05) is 4.90 Å². The van der Waals surface area contributed by atoms with E-state index in [1.54, 1.807) is 0 Å². The van der Waals surface area contributed by atoms with E-state index < -0.39 is 0 Å². The number of hydrogen-bond donors (Lipinski definition) is 0. The molecule has 8 aromatic rings. The van der Waals surface area contributed by atoms with E-state index in [0.29, 0.717) is 0 Å². The molecule has 0 fully saturated rings. The average Bonchev–Trinajstić information content (AvgIpc) is 3.69. The van der Waals surface area contributed by atoms with E-state index in [1.165, 1.54) is 98.5 Å². The highest BCUT2D eigenvalue weighted by Crippen LogP contribution is 2.47. The van der Waals surface area contributed by atoms with Gasteiger partial charge in [0.15, 0.2) is 0 Å². The second kappa shape index (κ2) is 20.4. The normalized spacial score (nSPS) is 12.9. The lowest BCUT2D eigenvalue weighted by molar-refractivity contribution is 0.996. The average molecular weight is 814 g/mol. The Morgan fingerprint density at radius 2 is 1.10 bits per heavy atom. The third-order valence-electron chi connectivity index (χ3n) is 11.5. The molecule has 1 aromatic heterocycles. The lowest BCUT2D eigenvalue weighted by atomic mass is 9.89. The van der Waals surface area contributed by atoms with Crippen LogP contribution in [-0.2, 0) is 6.42 Å². The predicted molar refractivity (Wildman–Crippen MR) is 270 cm³/mol. The van der Waals surface area contributed by atoms with Gasteiger partial charge < -0.3 is 4.90 Å². The van der Waals surface area contributed by atoms with Crippen LogP contribution < -0.4 is 4.90 Å². The summed E-state index contributed by atoms with van der Waals surface area (Å²) >= 11 is 1.99. The molecule has 2 aliphatic rings. The molecule has 0 saturated heterocycles. The predicted octanol–water partition coefficient (Wildman–Crippen LogP) is 17.6. The van der Waals surface area contributed by atoms with E-state index in [-0.39, 0.29) is 0 Å². The lowest BCUT2D eigenvalue weighted by Crippen LogP contribution is -2.18. The van der Waals surface area contributed by atoms with E-state index in [1.807, 2.05) is 49.4 Å². The van der Waals surface area contributed by atoms with Crippen molar-refractivity contribution in [1.29, 1.82) is 0 Å². The minimum atomic E-state index is 1.06. The van der Waals surface area contributed by atoms with Gasteiger partial charge in [0.25, 0.3) is 0 Å². The van der Waals surface area contributed by atoms with Gasteiger partial charge in [-0.3, -0.25) is 0 Å². The van der Waals surface area contributed by atoms with Gasteiger partial charge in [-0.1, -0.05) is 177 Å². The number of rotatable bonds is 5. The molecular formula is C59H59NS. The molecule has 0 saturated carbocycles. The topological polar surface area (TPSA) is 3.24 Å². The quantitative estimate of drug-likeness (QED) is 0.167. The first-order valence-electron chi connectivity index (χ1n) is 22.0. The Labute approximate surface area is 369 Å². The summed E-state index contributed by atoms with van der Waals surface area (Å²) in [6, 6.07) is 58.6. The van der Waals surface area contributed by atoms with E-state index in [4.69, 9.17) is 0 Å². The summed E-state index contributed by atoms with van der Waals surface area (Å²) in [5, 5.41) is 4.13. The molecule has 0 amide bonds. The number of thiophene rings is 1. The van der Waals surface area contributed by atoms with Crippen molar-refractivity contribution in [3.05, 3.63) is 226 Å². The molecule has 0 radical (unpaired) electrons. The Morgan fingerprint density at radius 1 is 0.492 bits per heavy atom. The molecule has 61 heavy (non-hydrogen) atoms. The molecule has 2 aliphatic carbocycles. The van der Waals surface area contributed by atoms with E-state index in [2.05, 4.69) is 197 Å². The van der Waals surface area contributed by atoms with E-state index in [9.17, 15) is 0 Å². The van der Waals surface area contributed by atoms with Crippen LogP contribution in [0.3, 0.4) is 0 Å². The number of aryl methyl sites for hydroxylation is 5. The van der Waals surface area contributed by atoms with Crippen molar-refractivity contribution < 1.29 is 0 Å². The maximum Gasteiger partial charge on any atom is 0.0511 e. The first-order valence-corrected chi connectivity index (χ1v) is 22.8. The lowest BCUT2D eigenvalue weighted by Gasteiger charge is -2.31. The summed E-state index contributed by atoms with van der Waals surface area (Å²) in [6.07, 6.45) is 11.4. The molecule has 1 nitrogen and oxygen atoms in total. The van der Waals surface area contributed by atoms with Crippen LogP contribution in [0.15, 0.2) is 188 Å². The molecule has 0 spiro atoms. The van der Waals surface area contributed by atoms with Gasteiger partial charge in [-0.2, -0.15) is 0 Å². The van der Waals surface area contributed by atoms with Crippen LogP contribution in [0.5, 0.6) is 0 Å². The minimum absolute atomic E-state index is 1.06. The standard InChI is InChI=1S/C37H33NS.C13H12.C7H8.C2H6/c1-24-12-7-8-15-29(24)31-21-20-28(22-25(31)2)38(27-13-5-4-6-14-27)34-18-11-19-35-36(34)33-23-26(3)30-16-9-10-17-32(30)37(33)39-35;1-11-7-9-13(10-8-11)12-5-3-2-4-6-12;1-7-5-3-2-4-6-7;1-2/h4-7,9-10,12-14,16-18,20-23H,8,11,15,19H2,1-3H3;2-10H,1H3;2-6H,1H3;1-2H3. The molecular weight excluding hydrogens is 755 g/mol. The first-order chi connectivity index (χ1) is 29.9. The highest BCUT2D eigenvalue weighted by Gasteiger charge is 2.27. The molecule has 1 heterocycles. The zero-order valence-corrected chi connectivity index (χ0v) is 37.8. The molecule has 10 rings (SSSR count). The maximum absolute atomic E-state index is 2.49. The zero-order chi connectivity index (χ0) is 42.7. The molecule has 0 aliphatic heterocycles. The monoisotopic (exact) mass is 813 g/mol. The highest BCUT2D eigenvalue weighted by molar-refractivity contribution is 7.20. The van der Waals surface area contributed by atoms with Crippen molar-refractivity contribution in [3.63, 3.8) is 0 Å². The Morgan fingerprint density at radius 3 is 1.74 bits per heavy atom. The smallest absolute Gasteiger partial charge is 0.0511 e. The number of para-hydroxylation sites is 1. The summed E-state index contributed by atoms with van der Waals surface area (Å²) in [4.78, 5) is 4.00. The third kappa shape index (κ3) is 9.88. The van der Waals surface area contributed by atoms with Crippen molar-refractivity contribution in [1.82, 2.24) is 0 Å². The molecule has 7 aromatic carbocycles. The van der Waals surface area contributed by atoms with E-state index >= 15 is 0 Å². The van der Waals surface area contributed by atoms with Crippen LogP contribution in [0.2, 0.25) is 0 Å². The third-order valence-corrected chi connectivity index (χ3v) is 12.8. The van der Waals surface area contributed by atoms with Crippen LogP contribution in [0.4, 0.5) is 11.4 Å². The number of nitrogens with zero attached hydrogens (tertiary/aromatic N) is 1. The fraction of sp³-hybridized carbons (Fsp3) is 0.186. The number of hydrogen-bond acceptors (Lipinski definition) is 2. The Bertz CT molecular complexity index is 2790. The Kier molecular flexibility index (Phi) is 14.3. The van der Waals surface area contributed by atoms with Crippen molar-refractivity contribution >= 4 is 54.8 Å². The second-order valence-electron chi connectivity index (χ2n) is 15.8. The second-order valence-corrected chi connectivity index (χ2v) is 16.9. The van der Waals surface area contributed by atoms with Gasteiger partial charge in [0.2, 0.25) is 0 Å². The number of benzene rings is 7. The van der Waals surface area contributed by atoms with Crippen molar-refractivity contribution in [2.45, 2.75) is 74.1 Å². The van der Waals surface area contributed by atoms with Gasteiger partial charge in [-0.25, -0.2) is 0 Å². The van der Waals surface area contributed by atoms with E-state index in [0.717, 1.165) is 25.7 Å². The number of anilines is 2. The number of fused-ring (bicyclic) bond motifs is 5.